The first-order chi connectivity index (χ1) is 12.8. The normalized spacial score (nSPS) is 15.1. The maximum Gasteiger partial charge on any atom is 0.244 e. The minimum Gasteiger partial charge on any atom is -0.352 e. The molecular weight excluding hydrogens is 322 g/mol. The second-order valence-corrected chi connectivity index (χ2v) is 6.75. The lowest BCUT2D eigenvalue weighted by Gasteiger charge is -2.15. The van der Waals surface area contributed by atoms with Crippen molar-refractivity contribution in [2.75, 3.05) is 6.54 Å². The predicted octanol–water partition coefficient (Wildman–Crippen LogP) is 3.73. The molecule has 1 N–H and O–H groups in total. The van der Waals surface area contributed by atoms with Gasteiger partial charge in [0.2, 0.25) is 5.91 Å². The van der Waals surface area contributed by atoms with Gasteiger partial charge in [-0.2, -0.15) is 5.10 Å². The van der Waals surface area contributed by atoms with E-state index in [1.54, 1.807) is 23.0 Å². The molecule has 4 heteroatoms. The summed E-state index contributed by atoms with van der Waals surface area (Å²) in [4.78, 5) is 12.2. The van der Waals surface area contributed by atoms with Crippen molar-refractivity contribution < 1.29 is 4.79 Å². The Labute approximate surface area is 153 Å². The van der Waals surface area contributed by atoms with Gasteiger partial charge in [-0.05, 0) is 36.6 Å². The maximum atomic E-state index is 12.2. The van der Waals surface area contributed by atoms with Crippen LogP contribution in [0, 0.1) is 0 Å². The molecule has 0 saturated heterocycles. The molecule has 0 aliphatic heterocycles. The Kier molecular flexibility index (Phi) is 4.40. The molecule has 1 amide bonds. The monoisotopic (exact) mass is 343 g/mol. The molecule has 0 unspecified atom stereocenters. The van der Waals surface area contributed by atoms with Crippen LogP contribution >= 0.6 is 0 Å². The number of carbonyl (C=O) groups is 1. The van der Waals surface area contributed by atoms with E-state index in [9.17, 15) is 4.79 Å². The highest BCUT2D eigenvalue weighted by Gasteiger charge is 2.43. The van der Waals surface area contributed by atoms with Crippen LogP contribution in [0.25, 0.3) is 11.8 Å². The molecule has 1 saturated carbocycles. The third kappa shape index (κ3) is 3.59. The molecule has 130 valence electrons. The number of benzene rings is 2. The fourth-order valence-electron chi connectivity index (χ4n) is 3.14. The molecule has 0 radical (unpaired) electrons. The largest absolute Gasteiger partial charge is 0.352 e. The highest BCUT2D eigenvalue weighted by Crippen LogP contribution is 2.47. The Hall–Kier alpha value is -3.14. The first kappa shape index (κ1) is 16.3. The molecule has 1 aromatic heterocycles. The Balaban J connectivity index is 1.35. The van der Waals surface area contributed by atoms with E-state index in [4.69, 9.17) is 0 Å². The van der Waals surface area contributed by atoms with Crippen molar-refractivity contribution in [3.8, 4) is 5.69 Å². The SMILES string of the molecule is O=C(/C=C/c1cnn(-c2ccccc2)c1)NCC1(c2ccccc2)CC1. The van der Waals surface area contributed by atoms with Gasteiger partial charge in [-0.1, -0.05) is 48.5 Å². The lowest BCUT2D eigenvalue weighted by molar-refractivity contribution is -0.116. The van der Waals surface area contributed by atoms with E-state index in [2.05, 4.69) is 34.7 Å². The zero-order chi connectivity index (χ0) is 17.8. The fourth-order valence-corrected chi connectivity index (χ4v) is 3.14. The summed E-state index contributed by atoms with van der Waals surface area (Å²) in [6.45, 7) is 0.684. The van der Waals surface area contributed by atoms with Gasteiger partial charge in [0.15, 0.2) is 0 Å². The van der Waals surface area contributed by atoms with Gasteiger partial charge in [0, 0.05) is 29.8 Å². The maximum absolute atomic E-state index is 12.2. The van der Waals surface area contributed by atoms with Crippen molar-refractivity contribution in [1.29, 1.82) is 0 Å². The molecule has 26 heavy (non-hydrogen) atoms. The summed E-state index contributed by atoms with van der Waals surface area (Å²) in [5.74, 6) is -0.0698. The van der Waals surface area contributed by atoms with Crippen molar-refractivity contribution in [1.82, 2.24) is 15.1 Å². The summed E-state index contributed by atoms with van der Waals surface area (Å²) in [6, 6.07) is 20.3. The van der Waals surface area contributed by atoms with Crippen LogP contribution in [0.15, 0.2) is 79.1 Å². The molecule has 2 aromatic carbocycles. The van der Waals surface area contributed by atoms with Crippen LogP contribution in [0.4, 0.5) is 0 Å². The van der Waals surface area contributed by atoms with Crippen molar-refractivity contribution in [2.24, 2.45) is 0 Å². The molecule has 0 bridgehead atoms. The van der Waals surface area contributed by atoms with Gasteiger partial charge in [0.05, 0.1) is 11.9 Å². The van der Waals surface area contributed by atoms with Gasteiger partial charge in [-0.25, -0.2) is 4.68 Å². The van der Waals surface area contributed by atoms with Crippen LogP contribution in [0.3, 0.4) is 0 Å². The average Bonchev–Trinajstić information content (AvgIpc) is 3.35. The smallest absolute Gasteiger partial charge is 0.244 e. The lowest BCUT2D eigenvalue weighted by atomic mass is 9.96. The quantitative estimate of drug-likeness (QED) is 0.693. The minimum atomic E-state index is -0.0698. The van der Waals surface area contributed by atoms with Crippen LogP contribution in [0.5, 0.6) is 0 Å². The Morgan fingerprint density at radius 1 is 1.08 bits per heavy atom. The topological polar surface area (TPSA) is 46.9 Å². The van der Waals surface area contributed by atoms with Crippen molar-refractivity contribution in [2.45, 2.75) is 18.3 Å². The molecule has 1 aliphatic rings. The first-order valence-corrected chi connectivity index (χ1v) is 8.87. The second kappa shape index (κ2) is 7.00. The predicted molar refractivity (Wildman–Crippen MR) is 103 cm³/mol. The molecule has 1 fully saturated rings. The summed E-state index contributed by atoms with van der Waals surface area (Å²) in [5.41, 5.74) is 3.33. The number of nitrogens with zero attached hydrogens (tertiary/aromatic N) is 2. The van der Waals surface area contributed by atoms with E-state index in [0.717, 1.165) is 24.1 Å². The van der Waals surface area contributed by atoms with Gasteiger partial charge in [-0.15, -0.1) is 0 Å². The minimum absolute atomic E-state index is 0.0698. The summed E-state index contributed by atoms with van der Waals surface area (Å²) in [7, 11) is 0. The zero-order valence-corrected chi connectivity index (χ0v) is 14.5. The summed E-state index contributed by atoms with van der Waals surface area (Å²) in [5, 5.41) is 7.37. The molecule has 1 heterocycles. The fraction of sp³-hybridized carbons (Fsp3) is 0.182. The molecule has 0 atom stereocenters. The molecule has 4 nitrogen and oxygen atoms in total. The molecule has 0 spiro atoms. The van der Waals surface area contributed by atoms with Gasteiger partial charge in [-0.3, -0.25) is 4.79 Å². The average molecular weight is 343 g/mol. The number of hydrogen-bond donors (Lipinski definition) is 1. The molecule has 1 aliphatic carbocycles. The second-order valence-electron chi connectivity index (χ2n) is 6.75. The Morgan fingerprint density at radius 2 is 1.77 bits per heavy atom. The Bertz CT molecular complexity index is 909. The van der Waals surface area contributed by atoms with E-state index >= 15 is 0 Å². The number of aromatic nitrogens is 2. The third-order valence-electron chi connectivity index (χ3n) is 4.89. The lowest BCUT2D eigenvalue weighted by Crippen LogP contribution is -2.30. The van der Waals surface area contributed by atoms with Crippen molar-refractivity contribution >= 4 is 12.0 Å². The third-order valence-corrected chi connectivity index (χ3v) is 4.89. The number of nitrogens with one attached hydrogen (secondary N) is 1. The number of amides is 1. The van der Waals surface area contributed by atoms with Crippen molar-refractivity contribution in [3.05, 3.63) is 90.3 Å². The number of rotatable bonds is 6. The van der Waals surface area contributed by atoms with E-state index in [0.29, 0.717) is 6.54 Å². The van der Waals surface area contributed by atoms with Crippen LogP contribution in [-0.4, -0.2) is 22.2 Å². The van der Waals surface area contributed by atoms with Crippen LogP contribution in [0.2, 0.25) is 0 Å². The highest BCUT2D eigenvalue weighted by molar-refractivity contribution is 5.91. The van der Waals surface area contributed by atoms with Gasteiger partial charge >= 0.3 is 0 Å². The van der Waals surface area contributed by atoms with Crippen LogP contribution < -0.4 is 5.32 Å². The van der Waals surface area contributed by atoms with Gasteiger partial charge in [0.1, 0.15) is 0 Å². The zero-order valence-electron chi connectivity index (χ0n) is 14.5. The standard InChI is InChI=1S/C22H21N3O/c26-21(23-17-22(13-14-22)19-7-3-1-4-8-19)12-11-18-15-24-25(16-18)20-9-5-2-6-10-20/h1-12,15-16H,13-14,17H2,(H,23,26)/b12-11+. The Morgan fingerprint density at radius 3 is 2.46 bits per heavy atom. The van der Waals surface area contributed by atoms with Crippen LogP contribution in [-0.2, 0) is 10.2 Å². The highest BCUT2D eigenvalue weighted by atomic mass is 16.1. The number of carbonyl (C=O) groups excluding carboxylic acids is 1. The van der Waals surface area contributed by atoms with E-state index in [-0.39, 0.29) is 11.3 Å². The van der Waals surface area contributed by atoms with Gasteiger partial charge < -0.3 is 5.32 Å². The molecule has 4 rings (SSSR count). The van der Waals surface area contributed by atoms with E-state index in [1.807, 2.05) is 42.6 Å². The molecular formula is C22H21N3O. The van der Waals surface area contributed by atoms with Crippen molar-refractivity contribution in [3.63, 3.8) is 0 Å². The first-order valence-electron chi connectivity index (χ1n) is 8.87. The molecule has 3 aromatic rings. The summed E-state index contributed by atoms with van der Waals surface area (Å²) in [6.07, 6.45) is 9.29. The van der Waals surface area contributed by atoms with E-state index in [1.165, 1.54) is 5.56 Å². The van der Waals surface area contributed by atoms with E-state index < -0.39 is 0 Å². The van der Waals surface area contributed by atoms with Gasteiger partial charge in [0.25, 0.3) is 0 Å². The summed E-state index contributed by atoms with van der Waals surface area (Å²) >= 11 is 0. The summed E-state index contributed by atoms with van der Waals surface area (Å²) < 4.78 is 1.80. The number of para-hydroxylation sites is 1. The van der Waals surface area contributed by atoms with Crippen LogP contribution in [0.1, 0.15) is 24.0 Å². The number of hydrogen-bond acceptors (Lipinski definition) is 2.